The molecule has 0 saturated heterocycles. The molecule has 10 rings (SSSR count). The summed E-state index contributed by atoms with van der Waals surface area (Å²) in [5, 5.41) is 11.3. The maximum atomic E-state index is 5.50. The maximum absolute atomic E-state index is 5.50. The zero-order chi connectivity index (χ0) is 34.4. The number of amidine groups is 1. The molecule has 2 N–H and O–H groups in total. The third-order valence-corrected chi connectivity index (χ3v) is 11.0. The Bertz CT molecular complexity index is 2580. The lowest BCUT2D eigenvalue weighted by Crippen LogP contribution is -2.34. The number of benzene rings is 5. The summed E-state index contributed by atoms with van der Waals surface area (Å²) in [5.41, 5.74) is 13.0. The molecular weight excluding hydrogens is 633 g/mol. The Kier molecular flexibility index (Phi) is 7.53. The van der Waals surface area contributed by atoms with Gasteiger partial charge in [0.2, 0.25) is 0 Å². The molecule has 6 aromatic rings. The minimum atomic E-state index is -0.126. The van der Waals surface area contributed by atoms with Gasteiger partial charge >= 0.3 is 0 Å². The summed E-state index contributed by atoms with van der Waals surface area (Å²) in [6, 6.07) is 45.3. The van der Waals surface area contributed by atoms with Gasteiger partial charge in [-0.15, -0.1) is 0 Å². The minimum absolute atomic E-state index is 0.126. The predicted molar refractivity (Wildman–Crippen MR) is 217 cm³/mol. The highest BCUT2D eigenvalue weighted by Gasteiger charge is 2.30. The van der Waals surface area contributed by atoms with Crippen LogP contribution in [-0.4, -0.2) is 22.9 Å². The molecule has 4 heteroatoms. The molecule has 4 nitrogen and oxygen atoms in total. The molecule has 0 bridgehead atoms. The Hall–Kier alpha value is -6.26. The average Bonchev–Trinajstić information content (AvgIpc) is 3.22. The molecule has 0 spiro atoms. The average molecular weight is 671 g/mol. The molecule has 3 unspecified atom stereocenters. The number of allylic oxidation sites excluding steroid dienone is 4. The Labute approximate surface area is 304 Å². The fourth-order valence-electron chi connectivity index (χ4n) is 8.35. The Balaban J connectivity index is 1.10. The third kappa shape index (κ3) is 5.57. The van der Waals surface area contributed by atoms with Gasteiger partial charge in [0.25, 0.3) is 0 Å². The number of hydrogen-bond acceptors (Lipinski definition) is 4. The minimum Gasteiger partial charge on any atom is -0.378 e. The van der Waals surface area contributed by atoms with Crippen molar-refractivity contribution in [3.63, 3.8) is 0 Å². The molecule has 52 heavy (non-hydrogen) atoms. The third-order valence-electron chi connectivity index (χ3n) is 11.0. The van der Waals surface area contributed by atoms with Crippen molar-refractivity contribution in [2.24, 2.45) is 10.9 Å². The summed E-state index contributed by atoms with van der Waals surface area (Å²) in [7, 11) is 0. The molecular formula is C48H38N4. The van der Waals surface area contributed by atoms with Crippen LogP contribution in [0.4, 0.5) is 5.69 Å². The number of fused-ring (bicyclic) bond motifs is 4. The van der Waals surface area contributed by atoms with E-state index in [2.05, 4.69) is 174 Å². The van der Waals surface area contributed by atoms with Gasteiger partial charge in [-0.2, -0.15) is 0 Å². The second kappa shape index (κ2) is 12.8. The van der Waals surface area contributed by atoms with Crippen molar-refractivity contribution in [1.29, 1.82) is 0 Å². The van der Waals surface area contributed by atoms with E-state index in [4.69, 9.17) is 9.98 Å². The molecule has 2 aliphatic heterocycles. The first-order valence-electron chi connectivity index (χ1n) is 18.4. The van der Waals surface area contributed by atoms with Gasteiger partial charge in [0.05, 0.1) is 23.3 Å². The number of nitrogens with zero attached hydrogens (tertiary/aromatic N) is 2. The normalized spacial score (nSPS) is 20.7. The second-order valence-electron chi connectivity index (χ2n) is 14.2. The molecule has 250 valence electrons. The zero-order valence-electron chi connectivity index (χ0n) is 28.8. The number of rotatable bonds is 5. The van der Waals surface area contributed by atoms with E-state index in [1.807, 2.05) is 0 Å². The Morgan fingerprint density at radius 3 is 2.48 bits per heavy atom. The standard InChI is InChI=1S/C48H38N4/c1-5-17-38-31(11-1)15-9-19-40(38)47-30-46(51-48(52-47)41-20-10-16-32-12-2-6-18-39(32)41)37-28-35(44-25-23-33-13-3-7-21-42(33)49-44)27-36(29-37)45-26-24-34-14-4-8-22-43(34)50-45/h1-8,10-14,16-28,30,36,45,47,50H,9,15,29H2,(H,51,52). The summed E-state index contributed by atoms with van der Waals surface area (Å²) in [6.07, 6.45) is 17.1. The van der Waals surface area contributed by atoms with Gasteiger partial charge in [-0.3, -0.25) is 4.99 Å². The van der Waals surface area contributed by atoms with Crippen molar-refractivity contribution in [1.82, 2.24) is 10.3 Å². The van der Waals surface area contributed by atoms with Crippen LogP contribution in [0, 0.1) is 5.92 Å². The SMILES string of the molecule is C1=CC(C2C=C(c3ccc4ccccc4n3)C=C(C3=CC(C4=CCCc5ccccc54)N=C(c4cccc5ccccc45)N3)C2)Nc2ccccc21. The first-order valence-corrected chi connectivity index (χ1v) is 18.4. The van der Waals surface area contributed by atoms with E-state index < -0.39 is 0 Å². The summed E-state index contributed by atoms with van der Waals surface area (Å²) in [5.74, 6) is 1.11. The van der Waals surface area contributed by atoms with Crippen molar-refractivity contribution >= 4 is 50.4 Å². The number of nitrogens with one attached hydrogen (secondary N) is 2. The first-order chi connectivity index (χ1) is 25.7. The maximum Gasteiger partial charge on any atom is 0.134 e. The van der Waals surface area contributed by atoms with Gasteiger partial charge in [-0.05, 0) is 93.8 Å². The zero-order valence-corrected chi connectivity index (χ0v) is 28.8. The lowest BCUT2D eigenvalue weighted by molar-refractivity contribution is 0.593. The van der Waals surface area contributed by atoms with Crippen molar-refractivity contribution in [3.05, 3.63) is 197 Å². The largest absolute Gasteiger partial charge is 0.378 e. The quantitative estimate of drug-likeness (QED) is 0.192. The molecule has 0 radical (unpaired) electrons. The summed E-state index contributed by atoms with van der Waals surface area (Å²) in [6.45, 7) is 0. The van der Waals surface area contributed by atoms with Crippen LogP contribution in [-0.2, 0) is 6.42 Å². The van der Waals surface area contributed by atoms with Gasteiger partial charge in [-0.25, -0.2) is 4.98 Å². The summed E-state index contributed by atoms with van der Waals surface area (Å²) in [4.78, 5) is 10.7. The van der Waals surface area contributed by atoms with Gasteiger partial charge in [-0.1, -0.05) is 133 Å². The lowest BCUT2D eigenvalue weighted by atomic mass is 9.80. The molecule has 3 heterocycles. The topological polar surface area (TPSA) is 49.3 Å². The van der Waals surface area contributed by atoms with Crippen LogP contribution < -0.4 is 10.6 Å². The number of aromatic nitrogens is 1. The van der Waals surface area contributed by atoms with Gasteiger partial charge in [0.15, 0.2) is 0 Å². The van der Waals surface area contributed by atoms with Crippen molar-refractivity contribution in [2.75, 3.05) is 5.32 Å². The highest BCUT2D eigenvalue weighted by atomic mass is 15.0. The van der Waals surface area contributed by atoms with E-state index in [0.29, 0.717) is 0 Å². The van der Waals surface area contributed by atoms with Crippen LogP contribution in [0.2, 0.25) is 0 Å². The molecule has 1 aromatic heterocycles. The van der Waals surface area contributed by atoms with Gasteiger partial charge < -0.3 is 10.6 Å². The van der Waals surface area contributed by atoms with E-state index in [1.54, 1.807) is 0 Å². The fraction of sp³-hybridized carbons (Fsp3) is 0.125. The fourth-order valence-corrected chi connectivity index (χ4v) is 8.35. The number of para-hydroxylation sites is 2. The highest BCUT2D eigenvalue weighted by Crippen LogP contribution is 2.39. The molecule has 3 atom stereocenters. The van der Waals surface area contributed by atoms with E-state index in [-0.39, 0.29) is 18.0 Å². The van der Waals surface area contributed by atoms with Crippen LogP contribution in [0.15, 0.2) is 174 Å². The van der Waals surface area contributed by atoms with Crippen molar-refractivity contribution in [3.8, 4) is 0 Å². The van der Waals surface area contributed by atoms with Crippen LogP contribution >= 0.6 is 0 Å². The molecule has 0 saturated carbocycles. The number of aliphatic imine (C=N–C) groups is 1. The first kappa shape index (κ1) is 30.6. The number of anilines is 1. The summed E-state index contributed by atoms with van der Waals surface area (Å²) >= 11 is 0. The lowest BCUT2D eigenvalue weighted by Gasteiger charge is -2.33. The monoisotopic (exact) mass is 670 g/mol. The van der Waals surface area contributed by atoms with E-state index in [9.17, 15) is 0 Å². The molecule has 0 amide bonds. The van der Waals surface area contributed by atoms with Crippen LogP contribution in [0.25, 0.3) is 38.9 Å². The van der Waals surface area contributed by atoms with Crippen molar-refractivity contribution < 1.29 is 0 Å². The molecule has 2 aliphatic carbocycles. The van der Waals surface area contributed by atoms with E-state index in [0.717, 1.165) is 58.5 Å². The smallest absolute Gasteiger partial charge is 0.134 e. The van der Waals surface area contributed by atoms with Crippen LogP contribution in [0.1, 0.15) is 40.8 Å². The Morgan fingerprint density at radius 2 is 1.50 bits per heavy atom. The van der Waals surface area contributed by atoms with Gasteiger partial charge in [0.1, 0.15) is 5.84 Å². The number of hydrogen-bond donors (Lipinski definition) is 2. The second-order valence-corrected chi connectivity index (χ2v) is 14.2. The number of aryl methyl sites for hydroxylation is 1. The number of pyridine rings is 1. The predicted octanol–water partition coefficient (Wildman–Crippen LogP) is 10.6. The Morgan fingerprint density at radius 1 is 0.692 bits per heavy atom. The van der Waals surface area contributed by atoms with Crippen LogP contribution in [0.3, 0.4) is 0 Å². The molecule has 4 aliphatic rings. The highest BCUT2D eigenvalue weighted by molar-refractivity contribution is 6.11. The summed E-state index contributed by atoms with van der Waals surface area (Å²) < 4.78 is 0. The van der Waals surface area contributed by atoms with Crippen LogP contribution in [0.5, 0.6) is 0 Å². The van der Waals surface area contributed by atoms with E-state index in [1.165, 1.54) is 44.3 Å². The van der Waals surface area contributed by atoms with Gasteiger partial charge in [0, 0.05) is 28.3 Å². The molecule has 5 aromatic carbocycles. The van der Waals surface area contributed by atoms with Crippen molar-refractivity contribution in [2.45, 2.75) is 31.3 Å². The van der Waals surface area contributed by atoms with E-state index >= 15 is 0 Å². The molecule has 0 fully saturated rings.